The molecule has 0 bridgehead atoms. The zero-order valence-corrected chi connectivity index (χ0v) is 11.8. The third-order valence-corrected chi connectivity index (χ3v) is 3.90. The largest absolute Gasteiger partial charge is 0.396 e. The molecule has 4 heteroatoms. The molecular formula is C13H20ClNOS. The third-order valence-electron chi connectivity index (χ3n) is 2.36. The average Bonchev–Trinajstić information content (AvgIpc) is 2.33. The molecule has 0 spiro atoms. The zero-order chi connectivity index (χ0) is 12.5. The Morgan fingerprint density at radius 1 is 1.41 bits per heavy atom. The highest BCUT2D eigenvalue weighted by Gasteiger charge is 2.06. The molecule has 0 saturated heterocycles. The van der Waals surface area contributed by atoms with Gasteiger partial charge in [0.1, 0.15) is 0 Å². The molecule has 1 aromatic rings. The van der Waals surface area contributed by atoms with E-state index in [1.54, 1.807) is 11.8 Å². The van der Waals surface area contributed by atoms with Gasteiger partial charge in [-0.25, -0.2) is 0 Å². The molecule has 0 amide bonds. The molecule has 2 N–H and O–H groups in total. The molecule has 17 heavy (non-hydrogen) atoms. The number of aliphatic hydroxyl groups is 1. The van der Waals surface area contributed by atoms with Gasteiger partial charge >= 0.3 is 0 Å². The fraction of sp³-hybridized carbons (Fsp3) is 0.538. The minimum Gasteiger partial charge on any atom is -0.396 e. The van der Waals surface area contributed by atoms with Crippen LogP contribution < -0.4 is 5.32 Å². The summed E-state index contributed by atoms with van der Waals surface area (Å²) in [6.45, 7) is 4.22. The van der Waals surface area contributed by atoms with Crippen molar-refractivity contribution < 1.29 is 5.11 Å². The summed E-state index contributed by atoms with van der Waals surface area (Å²) in [7, 11) is 0. The Morgan fingerprint density at radius 2 is 2.24 bits per heavy atom. The molecule has 0 fully saturated rings. The van der Waals surface area contributed by atoms with E-state index in [1.165, 1.54) is 10.5 Å². The lowest BCUT2D eigenvalue weighted by Crippen LogP contribution is -2.14. The predicted molar refractivity (Wildman–Crippen MR) is 75.9 cm³/mol. The normalized spacial score (nSPS) is 10.8. The minimum atomic E-state index is 0.247. The van der Waals surface area contributed by atoms with Crippen LogP contribution in [-0.2, 0) is 6.54 Å². The fourth-order valence-corrected chi connectivity index (χ4v) is 2.80. The minimum absolute atomic E-state index is 0.247. The molecular weight excluding hydrogens is 254 g/mol. The van der Waals surface area contributed by atoms with Crippen molar-refractivity contribution >= 4 is 23.4 Å². The Labute approximate surface area is 113 Å². The Hall–Kier alpha value is -0.220. The van der Waals surface area contributed by atoms with E-state index in [4.69, 9.17) is 16.7 Å². The highest BCUT2D eigenvalue weighted by Crippen LogP contribution is 2.28. The molecule has 96 valence electrons. The number of aliphatic hydroxyl groups excluding tert-OH is 1. The molecule has 0 atom stereocenters. The van der Waals surface area contributed by atoms with Crippen molar-refractivity contribution in [3.63, 3.8) is 0 Å². The van der Waals surface area contributed by atoms with Gasteiger partial charge in [-0.3, -0.25) is 0 Å². The predicted octanol–water partition coefficient (Wildman–Crippen LogP) is 3.31. The van der Waals surface area contributed by atoms with Gasteiger partial charge in [0.05, 0.1) is 0 Å². The summed E-state index contributed by atoms with van der Waals surface area (Å²) in [6, 6.07) is 6.00. The van der Waals surface area contributed by atoms with Crippen LogP contribution in [0.5, 0.6) is 0 Å². The van der Waals surface area contributed by atoms with Crippen molar-refractivity contribution in [2.24, 2.45) is 0 Å². The highest BCUT2D eigenvalue weighted by atomic mass is 35.5. The van der Waals surface area contributed by atoms with E-state index in [2.05, 4.69) is 18.3 Å². The summed E-state index contributed by atoms with van der Waals surface area (Å²) in [6.07, 6.45) is 1.94. The first kappa shape index (κ1) is 14.8. The molecule has 2 nitrogen and oxygen atoms in total. The molecule has 0 saturated carbocycles. The number of hydrogen-bond donors (Lipinski definition) is 2. The fourth-order valence-electron chi connectivity index (χ4n) is 1.48. The number of hydrogen-bond acceptors (Lipinski definition) is 3. The molecule has 1 rings (SSSR count). The lowest BCUT2D eigenvalue weighted by atomic mass is 10.2. The van der Waals surface area contributed by atoms with Gasteiger partial charge in [0.15, 0.2) is 0 Å². The maximum absolute atomic E-state index is 8.79. The van der Waals surface area contributed by atoms with E-state index in [0.29, 0.717) is 0 Å². The molecule has 0 aliphatic rings. The Morgan fingerprint density at radius 3 is 2.94 bits per heavy atom. The molecule has 0 unspecified atom stereocenters. The van der Waals surface area contributed by atoms with Crippen LogP contribution in [-0.4, -0.2) is 24.0 Å². The number of nitrogens with one attached hydrogen (secondary N) is 1. The zero-order valence-electron chi connectivity index (χ0n) is 10.2. The number of halogens is 1. The Balaban J connectivity index is 2.63. The van der Waals surface area contributed by atoms with Crippen LogP contribution >= 0.6 is 23.4 Å². The quantitative estimate of drug-likeness (QED) is 0.563. The topological polar surface area (TPSA) is 32.3 Å². The molecule has 1 aromatic carbocycles. The van der Waals surface area contributed by atoms with Crippen LogP contribution in [0.2, 0.25) is 5.02 Å². The number of rotatable bonds is 8. The standard InChI is InChI=1S/C13H20ClNOS/c1-2-7-15-10-11-12(14)5-3-6-13(11)17-9-4-8-16/h3,5-6,15-16H,2,4,7-10H2,1H3. The van der Waals surface area contributed by atoms with E-state index >= 15 is 0 Å². The highest BCUT2D eigenvalue weighted by molar-refractivity contribution is 7.99. The second-order valence-corrected chi connectivity index (χ2v) is 5.36. The van der Waals surface area contributed by atoms with E-state index in [1.807, 2.05) is 12.1 Å². The average molecular weight is 274 g/mol. The summed E-state index contributed by atoms with van der Waals surface area (Å²) < 4.78 is 0. The van der Waals surface area contributed by atoms with Crippen molar-refractivity contribution in [3.8, 4) is 0 Å². The van der Waals surface area contributed by atoms with Gasteiger partial charge in [-0.1, -0.05) is 24.6 Å². The van der Waals surface area contributed by atoms with Gasteiger partial charge in [0, 0.05) is 28.8 Å². The second kappa shape index (κ2) is 8.81. The summed E-state index contributed by atoms with van der Waals surface area (Å²) in [5, 5.41) is 13.0. The first-order valence-electron chi connectivity index (χ1n) is 6.01. The molecule has 0 radical (unpaired) electrons. The van der Waals surface area contributed by atoms with Crippen molar-refractivity contribution in [2.45, 2.75) is 31.2 Å². The van der Waals surface area contributed by atoms with Crippen LogP contribution in [0, 0.1) is 0 Å². The van der Waals surface area contributed by atoms with Gasteiger partial charge in [-0.05, 0) is 37.1 Å². The lowest BCUT2D eigenvalue weighted by Gasteiger charge is -2.11. The van der Waals surface area contributed by atoms with Crippen molar-refractivity contribution in [1.29, 1.82) is 0 Å². The summed E-state index contributed by atoms with van der Waals surface area (Å²) in [4.78, 5) is 1.22. The lowest BCUT2D eigenvalue weighted by molar-refractivity contribution is 0.296. The van der Waals surface area contributed by atoms with Gasteiger partial charge in [0.25, 0.3) is 0 Å². The second-order valence-electron chi connectivity index (χ2n) is 3.82. The Kier molecular flexibility index (Phi) is 7.69. The first-order chi connectivity index (χ1) is 8.29. The van der Waals surface area contributed by atoms with Gasteiger partial charge in [0.2, 0.25) is 0 Å². The summed E-state index contributed by atoms with van der Waals surface area (Å²) in [5.41, 5.74) is 1.17. The van der Waals surface area contributed by atoms with E-state index in [-0.39, 0.29) is 6.61 Å². The van der Waals surface area contributed by atoms with E-state index in [0.717, 1.165) is 36.7 Å². The van der Waals surface area contributed by atoms with Gasteiger partial charge < -0.3 is 10.4 Å². The van der Waals surface area contributed by atoms with Crippen molar-refractivity contribution in [1.82, 2.24) is 5.32 Å². The molecule has 0 aliphatic carbocycles. The van der Waals surface area contributed by atoms with Crippen molar-refractivity contribution in [2.75, 3.05) is 18.9 Å². The SMILES string of the molecule is CCCNCc1c(Cl)cccc1SCCCO. The smallest absolute Gasteiger partial charge is 0.0462 e. The maximum atomic E-state index is 8.79. The van der Waals surface area contributed by atoms with Crippen LogP contribution in [0.3, 0.4) is 0 Å². The number of thioether (sulfide) groups is 1. The summed E-state index contributed by atoms with van der Waals surface area (Å²) >= 11 is 7.98. The Bertz CT molecular complexity index is 333. The maximum Gasteiger partial charge on any atom is 0.0462 e. The van der Waals surface area contributed by atoms with Crippen molar-refractivity contribution in [3.05, 3.63) is 28.8 Å². The third kappa shape index (κ3) is 5.30. The van der Waals surface area contributed by atoms with Crippen LogP contribution in [0.15, 0.2) is 23.1 Å². The van der Waals surface area contributed by atoms with E-state index in [9.17, 15) is 0 Å². The van der Waals surface area contributed by atoms with Crippen LogP contribution in [0.4, 0.5) is 0 Å². The van der Waals surface area contributed by atoms with E-state index < -0.39 is 0 Å². The van der Waals surface area contributed by atoms with Gasteiger partial charge in [-0.15, -0.1) is 11.8 Å². The molecule has 0 aromatic heterocycles. The first-order valence-corrected chi connectivity index (χ1v) is 7.37. The van der Waals surface area contributed by atoms with Crippen LogP contribution in [0.25, 0.3) is 0 Å². The number of benzene rings is 1. The summed E-state index contributed by atoms with van der Waals surface area (Å²) in [5.74, 6) is 0.928. The van der Waals surface area contributed by atoms with Crippen LogP contribution in [0.1, 0.15) is 25.3 Å². The molecule has 0 heterocycles. The van der Waals surface area contributed by atoms with Gasteiger partial charge in [-0.2, -0.15) is 0 Å². The monoisotopic (exact) mass is 273 g/mol. The molecule has 0 aliphatic heterocycles.